The highest BCUT2D eigenvalue weighted by Crippen LogP contribution is 2.33. The Hall–Kier alpha value is -1.82. The van der Waals surface area contributed by atoms with Gasteiger partial charge in [0.25, 0.3) is 0 Å². The first-order valence-electron chi connectivity index (χ1n) is 6.16. The Bertz CT molecular complexity index is 604. The molecule has 0 saturated carbocycles. The van der Waals surface area contributed by atoms with Gasteiger partial charge in [0, 0.05) is 11.4 Å². The minimum absolute atomic E-state index is 0.00889. The van der Waals surface area contributed by atoms with Gasteiger partial charge in [0.15, 0.2) is 5.16 Å². The van der Waals surface area contributed by atoms with Gasteiger partial charge in [-0.2, -0.15) is 0 Å². The SMILES string of the molecule is COC(=O)c1ccc(C(C)Sc2nc(C)cc(C)n2)o1. The van der Waals surface area contributed by atoms with Gasteiger partial charge in [0.2, 0.25) is 5.76 Å². The zero-order valence-corrected chi connectivity index (χ0v) is 12.7. The van der Waals surface area contributed by atoms with Crippen molar-refractivity contribution in [3.05, 3.63) is 41.1 Å². The Morgan fingerprint density at radius 1 is 1.30 bits per heavy atom. The average Bonchev–Trinajstić information content (AvgIpc) is 2.86. The number of esters is 1. The maximum atomic E-state index is 11.3. The number of aromatic nitrogens is 2. The Labute approximate surface area is 121 Å². The fourth-order valence-electron chi connectivity index (χ4n) is 1.74. The first kappa shape index (κ1) is 14.6. The van der Waals surface area contributed by atoms with Gasteiger partial charge in [-0.05, 0) is 39.0 Å². The first-order chi connectivity index (χ1) is 9.49. The van der Waals surface area contributed by atoms with E-state index in [4.69, 9.17) is 4.42 Å². The lowest BCUT2D eigenvalue weighted by Crippen LogP contribution is -1.98. The summed E-state index contributed by atoms with van der Waals surface area (Å²) in [6.45, 7) is 5.85. The fraction of sp³-hybridized carbons (Fsp3) is 0.357. The smallest absolute Gasteiger partial charge is 0.373 e. The van der Waals surface area contributed by atoms with Crippen molar-refractivity contribution in [1.82, 2.24) is 9.97 Å². The third-order valence-corrected chi connectivity index (χ3v) is 3.64. The van der Waals surface area contributed by atoms with Gasteiger partial charge in [-0.25, -0.2) is 14.8 Å². The summed E-state index contributed by atoms with van der Waals surface area (Å²) in [5.41, 5.74) is 1.86. The molecular weight excluding hydrogens is 276 g/mol. The number of furan rings is 1. The lowest BCUT2D eigenvalue weighted by molar-refractivity contribution is 0.0563. The molecule has 0 aromatic carbocycles. The van der Waals surface area contributed by atoms with Crippen molar-refractivity contribution in [3.63, 3.8) is 0 Å². The molecule has 0 N–H and O–H groups in total. The molecule has 2 rings (SSSR count). The van der Waals surface area contributed by atoms with Crippen LogP contribution >= 0.6 is 11.8 Å². The molecule has 0 spiro atoms. The number of thioether (sulfide) groups is 1. The molecule has 6 heteroatoms. The van der Waals surface area contributed by atoms with Crippen LogP contribution in [-0.4, -0.2) is 23.0 Å². The van der Waals surface area contributed by atoms with E-state index in [9.17, 15) is 4.79 Å². The highest BCUT2D eigenvalue weighted by molar-refractivity contribution is 7.99. The number of rotatable bonds is 4. The van der Waals surface area contributed by atoms with Crippen LogP contribution in [0.5, 0.6) is 0 Å². The summed E-state index contributed by atoms with van der Waals surface area (Å²) in [6.07, 6.45) is 0. The Morgan fingerprint density at radius 2 is 1.95 bits per heavy atom. The maximum Gasteiger partial charge on any atom is 0.373 e. The number of carbonyl (C=O) groups is 1. The van der Waals surface area contributed by atoms with Gasteiger partial charge in [-0.15, -0.1) is 0 Å². The van der Waals surface area contributed by atoms with Crippen LogP contribution in [0.1, 0.15) is 39.9 Å². The zero-order valence-electron chi connectivity index (χ0n) is 11.8. The zero-order chi connectivity index (χ0) is 14.7. The molecule has 2 aromatic heterocycles. The molecule has 0 aliphatic heterocycles. The number of methoxy groups -OCH3 is 1. The number of hydrogen-bond donors (Lipinski definition) is 0. The van der Waals surface area contributed by atoms with E-state index in [-0.39, 0.29) is 11.0 Å². The van der Waals surface area contributed by atoms with Crippen LogP contribution in [0, 0.1) is 13.8 Å². The van der Waals surface area contributed by atoms with Crippen molar-refractivity contribution in [1.29, 1.82) is 0 Å². The molecule has 106 valence electrons. The van der Waals surface area contributed by atoms with E-state index in [0.717, 1.165) is 11.4 Å². The molecule has 0 radical (unpaired) electrons. The molecule has 0 amide bonds. The third kappa shape index (κ3) is 3.39. The molecule has 2 heterocycles. The second-order valence-electron chi connectivity index (χ2n) is 4.39. The second-order valence-corrected chi connectivity index (χ2v) is 5.69. The van der Waals surface area contributed by atoms with Crippen molar-refractivity contribution >= 4 is 17.7 Å². The maximum absolute atomic E-state index is 11.3. The minimum atomic E-state index is -0.476. The Balaban J connectivity index is 2.13. The molecular formula is C14H16N2O3S. The summed E-state index contributed by atoms with van der Waals surface area (Å²) in [6, 6.07) is 5.31. The van der Waals surface area contributed by atoms with Crippen molar-refractivity contribution in [2.75, 3.05) is 7.11 Å². The summed E-state index contributed by atoms with van der Waals surface area (Å²) < 4.78 is 10.1. The molecule has 5 nitrogen and oxygen atoms in total. The summed E-state index contributed by atoms with van der Waals surface area (Å²) in [5.74, 6) is 0.422. The molecule has 0 saturated heterocycles. The molecule has 0 aliphatic carbocycles. The first-order valence-corrected chi connectivity index (χ1v) is 7.04. The molecule has 0 aliphatic rings. The molecule has 0 bridgehead atoms. The van der Waals surface area contributed by atoms with Crippen LogP contribution < -0.4 is 0 Å². The van der Waals surface area contributed by atoms with Crippen LogP contribution in [0.4, 0.5) is 0 Å². The van der Waals surface area contributed by atoms with Gasteiger partial charge in [-0.3, -0.25) is 0 Å². The lowest BCUT2D eigenvalue weighted by Gasteiger charge is -2.08. The van der Waals surface area contributed by atoms with Gasteiger partial charge in [0.05, 0.1) is 12.4 Å². The van der Waals surface area contributed by atoms with Gasteiger partial charge >= 0.3 is 5.97 Å². The monoisotopic (exact) mass is 292 g/mol. The molecule has 20 heavy (non-hydrogen) atoms. The number of hydrogen-bond acceptors (Lipinski definition) is 6. The van der Waals surface area contributed by atoms with E-state index in [2.05, 4.69) is 14.7 Å². The van der Waals surface area contributed by atoms with Crippen LogP contribution in [-0.2, 0) is 4.74 Å². The Morgan fingerprint density at radius 3 is 2.55 bits per heavy atom. The summed E-state index contributed by atoms with van der Waals surface area (Å²) in [7, 11) is 1.33. The normalized spacial score (nSPS) is 12.2. The largest absolute Gasteiger partial charge is 0.463 e. The number of ether oxygens (including phenoxy) is 1. The van der Waals surface area contributed by atoms with Crippen molar-refractivity contribution in [2.45, 2.75) is 31.2 Å². The van der Waals surface area contributed by atoms with Crippen molar-refractivity contribution < 1.29 is 13.9 Å². The number of carbonyl (C=O) groups excluding carboxylic acids is 1. The van der Waals surface area contributed by atoms with E-state index in [1.165, 1.54) is 18.9 Å². The average molecular weight is 292 g/mol. The van der Waals surface area contributed by atoms with Crippen LogP contribution in [0.3, 0.4) is 0 Å². The van der Waals surface area contributed by atoms with E-state index >= 15 is 0 Å². The second kappa shape index (κ2) is 6.09. The van der Waals surface area contributed by atoms with E-state index < -0.39 is 5.97 Å². The van der Waals surface area contributed by atoms with Gasteiger partial charge < -0.3 is 9.15 Å². The van der Waals surface area contributed by atoms with Crippen molar-refractivity contribution in [2.24, 2.45) is 0 Å². The van der Waals surface area contributed by atoms with Crippen LogP contribution in [0.15, 0.2) is 27.8 Å². The van der Waals surface area contributed by atoms with E-state index in [0.29, 0.717) is 10.9 Å². The minimum Gasteiger partial charge on any atom is -0.463 e. The molecule has 1 atom stereocenters. The van der Waals surface area contributed by atoms with Crippen LogP contribution in [0.25, 0.3) is 0 Å². The number of nitrogens with zero attached hydrogens (tertiary/aromatic N) is 2. The highest BCUT2D eigenvalue weighted by Gasteiger charge is 2.17. The summed E-state index contributed by atoms with van der Waals surface area (Å²) in [4.78, 5) is 20.1. The molecule has 2 aromatic rings. The topological polar surface area (TPSA) is 65.2 Å². The third-order valence-electron chi connectivity index (χ3n) is 2.66. The molecule has 0 fully saturated rings. The predicted octanol–water partition coefficient (Wildman–Crippen LogP) is 3.33. The fourth-order valence-corrected chi connectivity index (χ4v) is 2.70. The lowest BCUT2D eigenvalue weighted by atomic mass is 10.3. The van der Waals surface area contributed by atoms with Crippen LogP contribution in [0.2, 0.25) is 0 Å². The highest BCUT2D eigenvalue weighted by atomic mass is 32.2. The Kier molecular flexibility index (Phi) is 4.44. The van der Waals surface area contributed by atoms with Crippen molar-refractivity contribution in [3.8, 4) is 0 Å². The quantitative estimate of drug-likeness (QED) is 0.489. The van der Waals surface area contributed by atoms with Gasteiger partial charge in [0.1, 0.15) is 5.76 Å². The summed E-state index contributed by atoms with van der Waals surface area (Å²) >= 11 is 1.49. The number of aryl methyl sites for hydroxylation is 2. The summed E-state index contributed by atoms with van der Waals surface area (Å²) in [5, 5.41) is 0.709. The standard InChI is InChI=1S/C14H16N2O3S/c1-8-7-9(2)16-14(15-8)20-10(3)11-5-6-12(19-11)13(17)18-4/h5-7,10H,1-4H3. The molecule has 1 unspecified atom stereocenters. The van der Waals surface area contributed by atoms with Gasteiger partial charge in [-0.1, -0.05) is 11.8 Å². The van der Waals surface area contributed by atoms with E-state index in [1.807, 2.05) is 26.8 Å². The van der Waals surface area contributed by atoms with E-state index in [1.54, 1.807) is 12.1 Å². The predicted molar refractivity (Wildman–Crippen MR) is 75.8 cm³/mol.